The number of aryl methyl sites for hydroxylation is 2. The number of hydrogen-bond acceptors (Lipinski definition) is 3. The lowest BCUT2D eigenvalue weighted by atomic mass is 9.72. The van der Waals surface area contributed by atoms with Crippen molar-refractivity contribution in [2.45, 2.75) is 45.4 Å². The summed E-state index contributed by atoms with van der Waals surface area (Å²) < 4.78 is 5.14. The van der Waals surface area contributed by atoms with Crippen molar-refractivity contribution in [2.24, 2.45) is 5.41 Å². The number of rotatable bonds is 6. The quantitative estimate of drug-likeness (QED) is 0.772. The number of carbonyl (C=O) groups is 2. The summed E-state index contributed by atoms with van der Waals surface area (Å²) in [7, 11) is 1.67. The number of amides is 2. The Labute approximate surface area is 162 Å². The van der Waals surface area contributed by atoms with Crippen LogP contribution in [0.3, 0.4) is 0 Å². The highest BCUT2D eigenvalue weighted by Gasteiger charge is 2.41. The van der Waals surface area contributed by atoms with Crippen LogP contribution in [-0.2, 0) is 20.7 Å². The summed E-state index contributed by atoms with van der Waals surface area (Å²) in [6, 6.07) is 8.43. The normalized spacial score (nSPS) is 19.6. The first-order chi connectivity index (χ1) is 13.0. The predicted octanol–water partition coefficient (Wildman–Crippen LogP) is 2.81. The molecule has 0 atom stereocenters. The second-order valence-electron chi connectivity index (χ2n) is 8.17. The third kappa shape index (κ3) is 5.10. The van der Waals surface area contributed by atoms with Crippen molar-refractivity contribution in [3.05, 3.63) is 35.4 Å². The van der Waals surface area contributed by atoms with Crippen LogP contribution in [0.15, 0.2) is 24.3 Å². The average molecular weight is 373 g/mol. The van der Waals surface area contributed by atoms with E-state index < -0.39 is 0 Å². The Morgan fingerprint density at radius 2 is 1.85 bits per heavy atom. The Morgan fingerprint density at radius 1 is 1.15 bits per heavy atom. The molecule has 0 saturated carbocycles. The molecule has 2 saturated heterocycles. The molecule has 2 fully saturated rings. The van der Waals surface area contributed by atoms with Crippen LogP contribution in [0.5, 0.6) is 0 Å². The minimum Gasteiger partial charge on any atom is -0.383 e. The summed E-state index contributed by atoms with van der Waals surface area (Å²) in [5.74, 6) is 0.503. The van der Waals surface area contributed by atoms with E-state index in [0.29, 0.717) is 26.0 Å². The summed E-state index contributed by atoms with van der Waals surface area (Å²) in [5, 5.41) is 0. The second-order valence-corrected chi connectivity index (χ2v) is 8.17. The zero-order chi connectivity index (χ0) is 19.3. The standard InChI is InChI=1S/C22H32N2O3/c1-18-3-5-19(6-4-18)7-8-20(25)23-13-11-22(12-14-23)10-9-21(26)24(17-22)15-16-27-2/h3-6H,7-17H2,1-2H3. The summed E-state index contributed by atoms with van der Waals surface area (Å²) in [6.07, 6.45) is 4.97. The van der Waals surface area contributed by atoms with E-state index >= 15 is 0 Å². The Bertz CT molecular complexity index is 648. The van der Waals surface area contributed by atoms with Crippen LogP contribution in [0.25, 0.3) is 0 Å². The monoisotopic (exact) mass is 372 g/mol. The first kappa shape index (κ1) is 19.9. The number of carbonyl (C=O) groups excluding carboxylic acids is 2. The lowest BCUT2D eigenvalue weighted by Crippen LogP contribution is -2.52. The molecule has 0 radical (unpaired) electrons. The third-order valence-electron chi connectivity index (χ3n) is 6.24. The van der Waals surface area contributed by atoms with Gasteiger partial charge in [0.15, 0.2) is 0 Å². The van der Waals surface area contributed by atoms with E-state index in [9.17, 15) is 9.59 Å². The first-order valence-electron chi connectivity index (χ1n) is 10.1. The van der Waals surface area contributed by atoms with E-state index in [2.05, 4.69) is 31.2 Å². The average Bonchev–Trinajstić information content (AvgIpc) is 2.69. The predicted molar refractivity (Wildman–Crippen MR) is 105 cm³/mol. The molecule has 5 nitrogen and oxygen atoms in total. The van der Waals surface area contributed by atoms with Gasteiger partial charge in [-0.2, -0.15) is 0 Å². The van der Waals surface area contributed by atoms with Gasteiger partial charge in [0.2, 0.25) is 11.8 Å². The smallest absolute Gasteiger partial charge is 0.222 e. The van der Waals surface area contributed by atoms with Gasteiger partial charge in [-0.25, -0.2) is 0 Å². The third-order valence-corrected chi connectivity index (χ3v) is 6.24. The van der Waals surface area contributed by atoms with Gasteiger partial charge in [-0.1, -0.05) is 29.8 Å². The highest BCUT2D eigenvalue weighted by Crippen LogP contribution is 2.40. The van der Waals surface area contributed by atoms with Crippen LogP contribution >= 0.6 is 0 Å². The Morgan fingerprint density at radius 3 is 2.52 bits per heavy atom. The molecule has 2 aliphatic rings. The first-order valence-corrected chi connectivity index (χ1v) is 10.1. The summed E-state index contributed by atoms with van der Waals surface area (Å²) >= 11 is 0. The van der Waals surface area contributed by atoms with Gasteiger partial charge in [0, 0.05) is 46.1 Å². The Balaban J connectivity index is 1.48. The molecule has 0 aromatic heterocycles. The van der Waals surface area contributed by atoms with Crippen LogP contribution in [0.4, 0.5) is 0 Å². The van der Waals surface area contributed by atoms with E-state index in [4.69, 9.17) is 4.74 Å². The fourth-order valence-electron chi connectivity index (χ4n) is 4.31. The van der Waals surface area contributed by atoms with Crippen LogP contribution < -0.4 is 0 Å². The van der Waals surface area contributed by atoms with E-state index in [1.807, 2.05) is 9.80 Å². The molecule has 0 unspecified atom stereocenters. The molecule has 2 aliphatic heterocycles. The van der Waals surface area contributed by atoms with Crippen molar-refractivity contribution in [1.82, 2.24) is 9.80 Å². The van der Waals surface area contributed by atoms with E-state index in [1.54, 1.807) is 7.11 Å². The van der Waals surface area contributed by atoms with Crippen molar-refractivity contribution in [3.63, 3.8) is 0 Å². The molecule has 2 amide bonds. The van der Waals surface area contributed by atoms with Gasteiger partial charge in [-0.05, 0) is 43.6 Å². The molecule has 0 N–H and O–H groups in total. The van der Waals surface area contributed by atoms with Crippen LogP contribution in [0.1, 0.15) is 43.2 Å². The molecule has 5 heteroatoms. The van der Waals surface area contributed by atoms with Crippen molar-refractivity contribution >= 4 is 11.8 Å². The number of likely N-dealkylation sites (tertiary alicyclic amines) is 2. The Kier molecular flexibility index (Phi) is 6.53. The van der Waals surface area contributed by atoms with Crippen molar-refractivity contribution in [2.75, 3.05) is 39.9 Å². The molecular weight excluding hydrogens is 340 g/mol. The highest BCUT2D eigenvalue weighted by molar-refractivity contribution is 5.78. The molecular formula is C22H32N2O3. The molecule has 3 rings (SSSR count). The molecule has 148 valence electrons. The lowest BCUT2D eigenvalue weighted by Gasteiger charge is -2.47. The van der Waals surface area contributed by atoms with E-state index in [-0.39, 0.29) is 17.2 Å². The maximum absolute atomic E-state index is 12.6. The zero-order valence-corrected chi connectivity index (χ0v) is 16.7. The molecule has 1 aromatic rings. The minimum absolute atomic E-state index is 0.190. The number of nitrogens with zero attached hydrogens (tertiary/aromatic N) is 2. The second kappa shape index (κ2) is 8.87. The number of hydrogen-bond donors (Lipinski definition) is 0. The number of methoxy groups -OCH3 is 1. The van der Waals surface area contributed by atoms with E-state index in [0.717, 1.165) is 45.3 Å². The topological polar surface area (TPSA) is 49.9 Å². The number of piperidine rings is 2. The van der Waals surface area contributed by atoms with Gasteiger partial charge in [0.1, 0.15) is 0 Å². The van der Waals surface area contributed by atoms with Crippen molar-refractivity contribution in [3.8, 4) is 0 Å². The molecule has 1 aromatic carbocycles. The van der Waals surface area contributed by atoms with Crippen molar-refractivity contribution in [1.29, 1.82) is 0 Å². The largest absolute Gasteiger partial charge is 0.383 e. The fraction of sp³-hybridized carbons (Fsp3) is 0.636. The van der Waals surface area contributed by atoms with Gasteiger partial charge in [0.05, 0.1) is 6.61 Å². The van der Waals surface area contributed by atoms with Crippen molar-refractivity contribution < 1.29 is 14.3 Å². The van der Waals surface area contributed by atoms with E-state index in [1.165, 1.54) is 11.1 Å². The number of benzene rings is 1. The Hall–Kier alpha value is -1.88. The van der Waals surface area contributed by atoms with Gasteiger partial charge in [-0.3, -0.25) is 9.59 Å². The zero-order valence-electron chi connectivity index (χ0n) is 16.7. The molecule has 27 heavy (non-hydrogen) atoms. The van der Waals surface area contributed by atoms with Crippen LogP contribution in [0, 0.1) is 12.3 Å². The maximum Gasteiger partial charge on any atom is 0.222 e. The van der Waals surface area contributed by atoms with Gasteiger partial charge in [0.25, 0.3) is 0 Å². The highest BCUT2D eigenvalue weighted by atomic mass is 16.5. The van der Waals surface area contributed by atoms with Crippen LogP contribution in [-0.4, -0.2) is 61.5 Å². The number of ether oxygens (including phenoxy) is 1. The molecule has 0 aliphatic carbocycles. The van der Waals surface area contributed by atoms with Crippen LogP contribution in [0.2, 0.25) is 0 Å². The lowest BCUT2D eigenvalue weighted by molar-refractivity contribution is -0.143. The SMILES string of the molecule is COCCN1CC2(CCC1=O)CCN(C(=O)CCc1ccc(C)cc1)CC2. The van der Waals surface area contributed by atoms with Gasteiger partial charge < -0.3 is 14.5 Å². The summed E-state index contributed by atoms with van der Waals surface area (Å²) in [4.78, 5) is 28.7. The minimum atomic E-state index is 0.190. The van der Waals surface area contributed by atoms with Gasteiger partial charge in [-0.15, -0.1) is 0 Å². The molecule has 0 bridgehead atoms. The fourth-order valence-corrected chi connectivity index (χ4v) is 4.31. The molecule has 2 heterocycles. The van der Waals surface area contributed by atoms with Gasteiger partial charge >= 0.3 is 0 Å². The summed E-state index contributed by atoms with van der Waals surface area (Å²) in [6.45, 7) is 5.80. The maximum atomic E-state index is 12.6. The molecule has 1 spiro atoms. The summed E-state index contributed by atoms with van der Waals surface area (Å²) in [5.41, 5.74) is 2.66.